The molecule has 0 spiro atoms. The van der Waals surface area contributed by atoms with Crippen LogP contribution in [0.1, 0.15) is 18.1 Å². The van der Waals surface area contributed by atoms with Crippen LogP contribution < -0.4 is 5.32 Å². The normalized spacial score (nSPS) is 10.5. The summed E-state index contributed by atoms with van der Waals surface area (Å²) in [5.41, 5.74) is 2.60. The molecule has 3 rings (SSSR count). The van der Waals surface area contributed by atoms with Crippen LogP contribution in [-0.4, -0.2) is 11.9 Å². The largest absolute Gasteiger partial charge is 0.461 e. The Hall–Kier alpha value is -2.66. The maximum Gasteiger partial charge on any atom is 0.310 e. The summed E-state index contributed by atoms with van der Waals surface area (Å²) in [4.78, 5) is 23.0. The third-order valence-electron chi connectivity index (χ3n) is 3.57. The lowest BCUT2D eigenvalue weighted by Gasteiger charge is -2.06. The van der Waals surface area contributed by atoms with Crippen molar-refractivity contribution in [3.8, 4) is 0 Å². The first-order chi connectivity index (χ1) is 11.6. The summed E-state index contributed by atoms with van der Waals surface area (Å²) >= 11 is 1.65. The van der Waals surface area contributed by atoms with Crippen molar-refractivity contribution in [1.82, 2.24) is 0 Å². The van der Waals surface area contributed by atoms with E-state index in [1.54, 1.807) is 23.5 Å². The molecule has 1 heterocycles. The third-order valence-corrected chi connectivity index (χ3v) is 4.58. The van der Waals surface area contributed by atoms with Gasteiger partial charge in [-0.15, -0.1) is 11.3 Å². The Kier molecular flexibility index (Phi) is 4.91. The minimum absolute atomic E-state index is 0.120. The van der Waals surface area contributed by atoms with Gasteiger partial charge in [-0.1, -0.05) is 30.3 Å². The average Bonchev–Trinajstić information content (AvgIpc) is 2.98. The van der Waals surface area contributed by atoms with Crippen molar-refractivity contribution in [2.75, 3.05) is 5.32 Å². The maximum absolute atomic E-state index is 12.0. The quantitative estimate of drug-likeness (QED) is 0.711. The lowest BCUT2D eigenvalue weighted by atomic mass is 10.1. The molecular formula is C19H17NO3S. The van der Waals surface area contributed by atoms with Gasteiger partial charge in [-0.2, -0.15) is 0 Å². The molecule has 0 bridgehead atoms. The fourth-order valence-electron chi connectivity index (χ4n) is 2.43. The van der Waals surface area contributed by atoms with Crippen LogP contribution in [0.5, 0.6) is 0 Å². The number of hydrogen-bond acceptors (Lipinski definition) is 4. The zero-order valence-electron chi connectivity index (χ0n) is 13.2. The monoisotopic (exact) mass is 339 g/mol. The van der Waals surface area contributed by atoms with Crippen LogP contribution in [0.25, 0.3) is 10.1 Å². The van der Waals surface area contributed by atoms with Crippen LogP contribution in [0.4, 0.5) is 5.69 Å². The third kappa shape index (κ3) is 4.00. The highest BCUT2D eigenvalue weighted by molar-refractivity contribution is 7.17. The molecule has 0 saturated carbocycles. The molecule has 0 aliphatic rings. The molecule has 1 N–H and O–H groups in total. The van der Waals surface area contributed by atoms with Crippen LogP contribution in [0.15, 0.2) is 53.9 Å². The fourth-order valence-corrected chi connectivity index (χ4v) is 3.38. The summed E-state index contributed by atoms with van der Waals surface area (Å²) < 4.78 is 6.58. The van der Waals surface area contributed by atoms with Crippen molar-refractivity contribution in [2.24, 2.45) is 0 Å². The second-order valence-electron chi connectivity index (χ2n) is 5.47. The van der Waals surface area contributed by atoms with Crippen molar-refractivity contribution in [3.05, 3.63) is 65.0 Å². The Balaban J connectivity index is 1.56. The zero-order valence-corrected chi connectivity index (χ0v) is 14.1. The molecule has 0 fully saturated rings. The molecule has 1 amide bonds. The molecule has 4 nitrogen and oxygen atoms in total. The van der Waals surface area contributed by atoms with Gasteiger partial charge in [0.25, 0.3) is 0 Å². The number of nitrogens with one attached hydrogen (secondary N) is 1. The number of thiophene rings is 1. The molecular weight excluding hydrogens is 322 g/mol. The first kappa shape index (κ1) is 16.2. The van der Waals surface area contributed by atoms with Crippen LogP contribution >= 0.6 is 11.3 Å². The van der Waals surface area contributed by atoms with Crippen LogP contribution in [0.2, 0.25) is 0 Å². The summed E-state index contributed by atoms with van der Waals surface area (Å²) in [6.45, 7) is 1.74. The predicted molar refractivity (Wildman–Crippen MR) is 96.1 cm³/mol. The minimum Gasteiger partial charge on any atom is -0.461 e. The first-order valence-electron chi connectivity index (χ1n) is 7.59. The molecule has 5 heteroatoms. The number of rotatable bonds is 5. The standard InChI is InChI=1S/C19H17NO3S/c1-13(21)20-16-8-6-14(7-9-16)10-19(22)23-11-15-12-24-18-5-3-2-4-17(15)18/h2-9,12H,10-11H2,1H3,(H,20,21). The van der Waals surface area contributed by atoms with Gasteiger partial charge in [-0.05, 0) is 34.5 Å². The molecule has 0 radical (unpaired) electrons. The van der Waals surface area contributed by atoms with E-state index >= 15 is 0 Å². The second kappa shape index (κ2) is 7.27. The van der Waals surface area contributed by atoms with E-state index in [-0.39, 0.29) is 24.9 Å². The Morgan fingerprint density at radius 3 is 2.58 bits per heavy atom. The van der Waals surface area contributed by atoms with Crippen molar-refractivity contribution in [1.29, 1.82) is 0 Å². The molecule has 0 aliphatic heterocycles. The number of carbonyl (C=O) groups is 2. The van der Waals surface area contributed by atoms with E-state index in [9.17, 15) is 9.59 Å². The predicted octanol–water partition coefficient (Wildman–Crippen LogP) is 4.15. The fraction of sp³-hybridized carbons (Fsp3) is 0.158. The van der Waals surface area contributed by atoms with Crippen LogP contribution in [0.3, 0.4) is 0 Å². The molecule has 0 aliphatic carbocycles. The van der Waals surface area contributed by atoms with Crippen molar-refractivity contribution < 1.29 is 14.3 Å². The molecule has 1 aromatic heterocycles. The molecule has 0 atom stereocenters. The van der Waals surface area contributed by atoms with E-state index in [0.29, 0.717) is 5.69 Å². The van der Waals surface area contributed by atoms with Gasteiger partial charge in [-0.3, -0.25) is 9.59 Å². The molecule has 2 aromatic carbocycles. The number of amides is 1. The lowest BCUT2D eigenvalue weighted by molar-refractivity contribution is -0.144. The van der Waals surface area contributed by atoms with Gasteiger partial charge in [-0.25, -0.2) is 0 Å². The van der Waals surface area contributed by atoms with E-state index in [1.807, 2.05) is 35.7 Å². The highest BCUT2D eigenvalue weighted by atomic mass is 32.1. The van der Waals surface area contributed by atoms with Gasteiger partial charge in [0.1, 0.15) is 6.61 Å². The lowest BCUT2D eigenvalue weighted by Crippen LogP contribution is -2.08. The van der Waals surface area contributed by atoms with Gasteiger partial charge < -0.3 is 10.1 Å². The van der Waals surface area contributed by atoms with E-state index in [1.165, 1.54) is 11.6 Å². The number of fused-ring (bicyclic) bond motifs is 1. The summed E-state index contributed by atoms with van der Waals surface area (Å²) in [5, 5.41) is 5.85. The summed E-state index contributed by atoms with van der Waals surface area (Å²) in [5.74, 6) is -0.386. The SMILES string of the molecule is CC(=O)Nc1ccc(CC(=O)OCc2csc3ccccc23)cc1. The second-order valence-corrected chi connectivity index (χ2v) is 6.38. The Morgan fingerprint density at radius 2 is 1.83 bits per heavy atom. The van der Waals surface area contributed by atoms with E-state index in [0.717, 1.165) is 16.5 Å². The number of hydrogen-bond donors (Lipinski definition) is 1. The Morgan fingerprint density at radius 1 is 1.08 bits per heavy atom. The van der Waals surface area contributed by atoms with Gasteiger partial charge in [0.05, 0.1) is 6.42 Å². The highest BCUT2D eigenvalue weighted by Gasteiger charge is 2.08. The molecule has 122 valence electrons. The molecule has 3 aromatic rings. The zero-order chi connectivity index (χ0) is 16.9. The average molecular weight is 339 g/mol. The number of anilines is 1. The topological polar surface area (TPSA) is 55.4 Å². The van der Waals surface area contributed by atoms with Gasteiger partial charge in [0, 0.05) is 22.9 Å². The van der Waals surface area contributed by atoms with E-state index < -0.39 is 0 Å². The van der Waals surface area contributed by atoms with Crippen LogP contribution in [0, 0.1) is 0 Å². The minimum atomic E-state index is -0.266. The van der Waals surface area contributed by atoms with Gasteiger partial charge >= 0.3 is 5.97 Å². The summed E-state index contributed by atoms with van der Waals surface area (Å²) in [6.07, 6.45) is 0.211. The summed E-state index contributed by atoms with van der Waals surface area (Å²) in [6, 6.07) is 15.2. The summed E-state index contributed by atoms with van der Waals surface area (Å²) in [7, 11) is 0. The highest BCUT2D eigenvalue weighted by Crippen LogP contribution is 2.26. The van der Waals surface area contributed by atoms with E-state index in [2.05, 4.69) is 11.4 Å². The molecule has 0 saturated heterocycles. The first-order valence-corrected chi connectivity index (χ1v) is 8.47. The van der Waals surface area contributed by atoms with Crippen LogP contribution in [-0.2, 0) is 27.4 Å². The maximum atomic E-state index is 12.0. The Labute approximate surface area is 144 Å². The van der Waals surface area contributed by atoms with Gasteiger partial charge in [0.15, 0.2) is 0 Å². The molecule has 24 heavy (non-hydrogen) atoms. The smallest absolute Gasteiger partial charge is 0.310 e. The van der Waals surface area contributed by atoms with Crippen molar-refractivity contribution >= 4 is 39.0 Å². The Bertz CT molecular complexity index is 868. The number of carbonyl (C=O) groups excluding carboxylic acids is 2. The van der Waals surface area contributed by atoms with Gasteiger partial charge in [0.2, 0.25) is 5.91 Å². The number of esters is 1. The number of ether oxygens (including phenoxy) is 1. The molecule has 0 unspecified atom stereocenters. The van der Waals surface area contributed by atoms with Crippen molar-refractivity contribution in [3.63, 3.8) is 0 Å². The van der Waals surface area contributed by atoms with E-state index in [4.69, 9.17) is 4.74 Å². The van der Waals surface area contributed by atoms with Crippen molar-refractivity contribution in [2.45, 2.75) is 20.0 Å². The number of benzene rings is 2.